The molecule has 0 saturated heterocycles. The molecule has 5 nitrogen and oxygen atoms in total. The van der Waals surface area contributed by atoms with Crippen LogP contribution in [0.3, 0.4) is 0 Å². The first-order valence-electron chi connectivity index (χ1n) is 9.52. The fourth-order valence-electron chi connectivity index (χ4n) is 3.39. The van der Waals surface area contributed by atoms with Crippen LogP contribution in [-0.4, -0.2) is 21.5 Å². The molecule has 0 aliphatic rings. The Morgan fingerprint density at radius 3 is 2.82 bits per heavy atom. The molecule has 4 rings (SSSR count). The van der Waals surface area contributed by atoms with Gasteiger partial charge in [-0.1, -0.05) is 43.2 Å². The van der Waals surface area contributed by atoms with E-state index in [9.17, 15) is 0 Å². The molecule has 2 aromatic carbocycles. The Morgan fingerprint density at radius 1 is 1.14 bits per heavy atom. The molecule has 0 spiro atoms. The molecule has 4 aromatic rings. The maximum Gasteiger partial charge on any atom is 0.180 e. The van der Waals surface area contributed by atoms with Crippen molar-refractivity contribution in [2.24, 2.45) is 0 Å². The molecule has 0 amide bonds. The topological polar surface area (TPSA) is 51.5 Å². The summed E-state index contributed by atoms with van der Waals surface area (Å²) in [6.07, 6.45) is 7.81. The van der Waals surface area contributed by atoms with E-state index < -0.39 is 0 Å². The van der Waals surface area contributed by atoms with E-state index in [1.807, 2.05) is 22.9 Å². The van der Waals surface area contributed by atoms with Gasteiger partial charge in [0.1, 0.15) is 5.75 Å². The first kappa shape index (κ1) is 18.0. The summed E-state index contributed by atoms with van der Waals surface area (Å²) in [5, 5.41) is 3.43. The van der Waals surface area contributed by atoms with Crippen molar-refractivity contribution in [1.82, 2.24) is 14.4 Å². The Kier molecular flexibility index (Phi) is 4.98. The molecule has 142 valence electrons. The van der Waals surface area contributed by atoms with Gasteiger partial charge in [0, 0.05) is 35.9 Å². The van der Waals surface area contributed by atoms with Crippen LogP contribution in [0.4, 0.5) is 11.5 Å². The zero-order valence-electron chi connectivity index (χ0n) is 16.4. The van der Waals surface area contributed by atoms with Crippen molar-refractivity contribution in [2.45, 2.75) is 26.7 Å². The van der Waals surface area contributed by atoms with E-state index in [2.05, 4.69) is 60.5 Å². The van der Waals surface area contributed by atoms with E-state index in [0.717, 1.165) is 41.2 Å². The summed E-state index contributed by atoms with van der Waals surface area (Å²) >= 11 is 0. The van der Waals surface area contributed by atoms with Crippen LogP contribution in [0.1, 0.15) is 24.5 Å². The lowest BCUT2D eigenvalue weighted by Gasteiger charge is -2.13. The number of imidazole rings is 1. The summed E-state index contributed by atoms with van der Waals surface area (Å²) in [4.78, 5) is 9.32. The molecule has 0 bridgehead atoms. The van der Waals surface area contributed by atoms with Crippen molar-refractivity contribution in [3.63, 3.8) is 0 Å². The highest BCUT2D eigenvalue weighted by atomic mass is 16.5. The van der Waals surface area contributed by atoms with Crippen molar-refractivity contribution in [3.05, 3.63) is 72.2 Å². The molecule has 5 heteroatoms. The number of methoxy groups -OCH3 is 1. The maximum atomic E-state index is 5.57. The van der Waals surface area contributed by atoms with Gasteiger partial charge in [0.2, 0.25) is 0 Å². The Hall–Kier alpha value is -3.34. The minimum Gasteiger partial charge on any atom is -0.496 e. The average Bonchev–Trinajstić information content (AvgIpc) is 3.18. The van der Waals surface area contributed by atoms with Gasteiger partial charge in [-0.15, -0.1) is 0 Å². The zero-order chi connectivity index (χ0) is 19.5. The summed E-state index contributed by atoms with van der Waals surface area (Å²) in [5.41, 5.74) is 6.10. The van der Waals surface area contributed by atoms with Gasteiger partial charge in [-0.2, -0.15) is 0 Å². The molecular weight excluding hydrogens is 348 g/mol. The van der Waals surface area contributed by atoms with Crippen LogP contribution in [0.5, 0.6) is 5.75 Å². The van der Waals surface area contributed by atoms with Gasteiger partial charge in [-0.3, -0.25) is 0 Å². The standard InChI is InChI=1S/C23H24N4O/c1-4-6-17-9-10-19(14-21(17)28-3)25-22-23-24-11-12-27(23)15-20(26-22)18-8-5-7-16(2)13-18/h5,7-15H,4,6H2,1-3H3,(H,25,26). The van der Waals surface area contributed by atoms with Crippen LogP contribution < -0.4 is 10.1 Å². The quantitative estimate of drug-likeness (QED) is 0.492. The number of benzene rings is 2. The number of hydrogen-bond donors (Lipinski definition) is 1. The largest absolute Gasteiger partial charge is 0.496 e. The van der Waals surface area contributed by atoms with E-state index in [-0.39, 0.29) is 0 Å². The van der Waals surface area contributed by atoms with Crippen LogP contribution in [0.25, 0.3) is 16.9 Å². The number of hydrogen-bond acceptors (Lipinski definition) is 4. The first-order chi connectivity index (χ1) is 13.7. The minimum atomic E-state index is 0.717. The summed E-state index contributed by atoms with van der Waals surface area (Å²) in [6.45, 7) is 4.25. The molecule has 2 heterocycles. The van der Waals surface area contributed by atoms with E-state index in [0.29, 0.717) is 5.82 Å². The average molecular weight is 372 g/mol. The normalized spacial score (nSPS) is 11.0. The van der Waals surface area contributed by atoms with Gasteiger partial charge < -0.3 is 14.5 Å². The number of fused-ring (bicyclic) bond motifs is 1. The lowest BCUT2D eigenvalue weighted by molar-refractivity contribution is 0.409. The van der Waals surface area contributed by atoms with Crippen LogP contribution in [0.15, 0.2) is 61.1 Å². The van der Waals surface area contributed by atoms with E-state index >= 15 is 0 Å². The molecule has 2 aromatic heterocycles. The third-order valence-corrected chi connectivity index (χ3v) is 4.76. The number of ether oxygens (including phenoxy) is 1. The molecule has 28 heavy (non-hydrogen) atoms. The number of aromatic nitrogens is 3. The monoisotopic (exact) mass is 372 g/mol. The molecule has 0 unspecified atom stereocenters. The highest BCUT2D eigenvalue weighted by Crippen LogP contribution is 2.29. The fourth-order valence-corrected chi connectivity index (χ4v) is 3.39. The molecule has 0 saturated carbocycles. The van der Waals surface area contributed by atoms with Gasteiger partial charge >= 0.3 is 0 Å². The van der Waals surface area contributed by atoms with Crippen molar-refractivity contribution in [2.75, 3.05) is 12.4 Å². The lowest BCUT2D eigenvalue weighted by Crippen LogP contribution is -2.01. The van der Waals surface area contributed by atoms with Crippen LogP contribution in [-0.2, 0) is 6.42 Å². The summed E-state index contributed by atoms with van der Waals surface area (Å²) < 4.78 is 7.57. The predicted molar refractivity (Wildman–Crippen MR) is 113 cm³/mol. The Balaban J connectivity index is 1.75. The van der Waals surface area contributed by atoms with E-state index in [1.54, 1.807) is 13.3 Å². The molecule has 0 fully saturated rings. The second kappa shape index (κ2) is 7.72. The highest BCUT2D eigenvalue weighted by molar-refractivity contribution is 5.74. The number of nitrogens with zero attached hydrogens (tertiary/aromatic N) is 3. The Morgan fingerprint density at radius 2 is 2.04 bits per heavy atom. The van der Waals surface area contributed by atoms with Gasteiger partial charge in [-0.25, -0.2) is 9.97 Å². The van der Waals surface area contributed by atoms with Crippen LogP contribution in [0, 0.1) is 6.92 Å². The van der Waals surface area contributed by atoms with Crippen molar-refractivity contribution in [1.29, 1.82) is 0 Å². The van der Waals surface area contributed by atoms with E-state index in [1.165, 1.54) is 11.1 Å². The summed E-state index contributed by atoms with van der Waals surface area (Å²) in [6, 6.07) is 14.5. The van der Waals surface area contributed by atoms with Gasteiger partial charge in [0.05, 0.1) is 12.8 Å². The molecule has 0 atom stereocenters. The second-order valence-electron chi connectivity index (χ2n) is 6.90. The number of anilines is 2. The van der Waals surface area contributed by atoms with Crippen molar-refractivity contribution >= 4 is 17.2 Å². The van der Waals surface area contributed by atoms with Gasteiger partial charge in [-0.05, 0) is 31.0 Å². The third kappa shape index (κ3) is 3.56. The summed E-state index contributed by atoms with van der Waals surface area (Å²) in [5.74, 6) is 1.61. The molecule has 1 N–H and O–H groups in total. The van der Waals surface area contributed by atoms with E-state index in [4.69, 9.17) is 9.72 Å². The first-order valence-corrected chi connectivity index (χ1v) is 9.52. The van der Waals surface area contributed by atoms with Crippen LogP contribution in [0.2, 0.25) is 0 Å². The zero-order valence-corrected chi connectivity index (χ0v) is 16.4. The Bertz CT molecular complexity index is 1120. The maximum absolute atomic E-state index is 5.57. The number of rotatable bonds is 6. The van der Waals surface area contributed by atoms with Gasteiger partial charge in [0.15, 0.2) is 11.5 Å². The molecule has 0 aliphatic carbocycles. The summed E-state index contributed by atoms with van der Waals surface area (Å²) in [7, 11) is 1.71. The molecule has 0 radical (unpaired) electrons. The highest BCUT2D eigenvalue weighted by Gasteiger charge is 2.11. The van der Waals surface area contributed by atoms with Crippen molar-refractivity contribution < 1.29 is 4.74 Å². The number of nitrogens with one attached hydrogen (secondary N) is 1. The third-order valence-electron chi connectivity index (χ3n) is 4.76. The van der Waals surface area contributed by atoms with Crippen LogP contribution >= 0.6 is 0 Å². The SMILES string of the molecule is CCCc1ccc(Nc2nc(-c3cccc(C)c3)cn3ccnc23)cc1OC. The Labute approximate surface area is 165 Å². The second-order valence-corrected chi connectivity index (χ2v) is 6.90. The van der Waals surface area contributed by atoms with Gasteiger partial charge in [0.25, 0.3) is 0 Å². The van der Waals surface area contributed by atoms with Crippen molar-refractivity contribution in [3.8, 4) is 17.0 Å². The smallest absolute Gasteiger partial charge is 0.180 e. The lowest BCUT2D eigenvalue weighted by atomic mass is 10.1. The molecule has 0 aliphatic heterocycles. The number of aryl methyl sites for hydroxylation is 2. The molecular formula is C23H24N4O. The predicted octanol–water partition coefficient (Wildman–Crippen LogP) is 5.41. The minimum absolute atomic E-state index is 0.717. The fraction of sp³-hybridized carbons (Fsp3) is 0.217.